The van der Waals surface area contributed by atoms with Crippen LogP contribution in [0.25, 0.3) is 0 Å². The second kappa shape index (κ2) is 13.2. The molecule has 0 bridgehead atoms. The summed E-state index contributed by atoms with van der Waals surface area (Å²) in [4.78, 5) is 12.5. The number of unbranched alkanes of at least 4 members (excludes halogenated alkanes) is 3. The fourth-order valence-corrected chi connectivity index (χ4v) is 3.40. The van der Waals surface area contributed by atoms with Crippen LogP contribution in [-0.4, -0.2) is 24.2 Å². The van der Waals surface area contributed by atoms with Gasteiger partial charge >= 0.3 is 0 Å². The Morgan fingerprint density at radius 3 is 2.57 bits per heavy atom. The van der Waals surface area contributed by atoms with E-state index >= 15 is 0 Å². The minimum atomic E-state index is -0.293. The molecule has 30 heavy (non-hydrogen) atoms. The smallest absolute Gasteiger partial charge is 0.257 e. The first-order valence-corrected chi connectivity index (χ1v) is 11.5. The first-order valence-electron chi connectivity index (χ1n) is 10.3. The molecule has 0 aliphatic carbocycles. The lowest BCUT2D eigenvalue weighted by atomic mass is 10.2. The molecule has 0 unspecified atom stereocenters. The van der Waals surface area contributed by atoms with Crippen LogP contribution in [0.1, 0.15) is 56.3 Å². The quantitative estimate of drug-likeness (QED) is 0.283. The third-order valence-electron chi connectivity index (χ3n) is 4.24. The number of thiocarbonyl (C=S) groups is 1. The Labute approximate surface area is 192 Å². The molecule has 2 rings (SSSR count). The van der Waals surface area contributed by atoms with E-state index in [1.807, 2.05) is 31.2 Å². The molecule has 0 saturated carbocycles. The van der Waals surface area contributed by atoms with E-state index in [0.29, 0.717) is 24.5 Å². The minimum absolute atomic E-state index is 0.225. The topological polar surface area (TPSA) is 59.6 Å². The predicted octanol–water partition coefficient (Wildman–Crippen LogP) is 6.32. The predicted molar refractivity (Wildman–Crippen MR) is 130 cm³/mol. The van der Waals surface area contributed by atoms with Gasteiger partial charge in [-0.25, -0.2) is 0 Å². The van der Waals surface area contributed by atoms with Gasteiger partial charge in [-0.2, -0.15) is 0 Å². The lowest BCUT2D eigenvalue weighted by molar-refractivity contribution is 0.0977. The van der Waals surface area contributed by atoms with Crippen molar-refractivity contribution >= 4 is 44.9 Å². The molecule has 7 heteroatoms. The second-order valence-electron chi connectivity index (χ2n) is 6.84. The molecule has 2 aromatic carbocycles. The third kappa shape index (κ3) is 8.32. The van der Waals surface area contributed by atoms with Crippen molar-refractivity contribution in [2.75, 3.05) is 18.5 Å². The Hall–Kier alpha value is -2.12. The summed E-state index contributed by atoms with van der Waals surface area (Å²) in [6, 6.07) is 12.7. The summed E-state index contributed by atoms with van der Waals surface area (Å²) in [5, 5.41) is 5.95. The first kappa shape index (κ1) is 24.2. The summed E-state index contributed by atoms with van der Waals surface area (Å²) < 4.78 is 12.1. The zero-order valence-corrected chi connectivity index (χ0v) is 19.9. The largest absolute Gasteiger partial charge is 0.494 e. The van der Waals surface area contributed by atoms with Gasteiger partial charge < -0.3 is 14.8 Å². The van der Waals surface area contributed by atoms with Crippen molar-refractivity contribution in [2.45, 2.75) is 46.0 Å². The fraction of sp³-hybridized carbons (Fsp3) is 0.391. The monoisotopic (exact) mass is 492 g/mol. The van der Waals surface area contributed by atoms with Gasteiger partial charge in [0.05, 0.1) is 17.7 Å². The van der Waals surface area contributed by atoms with Gasteiger partial charge in [-0.05, 0) is 71.3 Å². The summed E-state index contributed by atoms with van der Waals surface area (Å²) in [7, 11) is 0. The maximum absolute atomic E-state index is 12.5. The van der Waals surface area contributed by atoms with Crippen LogP contribution in [0.4, 0.5) is 5.69 Å². The van der Waals surface area contributed by atoms with Crippen molar-refractivity contribution in [3.8, 4) is 11.5 Å². The van der Waals surface area contributed by atoms with Crippen LogP contribution >= 0.6 is 28.1 Å². The molecule has 0 spiro atoms. The Morgan fingerprint density at radius 2 is 1.83 bits per heavy atom. The van der Waals surface area contributed by atoms with Gasteiger partial charge in [0, 0.05) is 17.3 Å². The van der Waals surface area contributed by atoms with Gasteiger partial charge in [0.25, 0.3) is 5.91 Å². The average Bonchev–Trinajstić information content (AvgIpc) is 2.73. The normalized spacial score (nSPS) is 10.4. The SMILES string of the molecule is CCCCCCOc1cccc(NC(=S)NC(=O)c2ccc(OCCC)c(Br)c2)c1. The standard InChI is InChI=1S/C23H29BrN2O3S/c1-3-5-6-7-14-28-19-10-8-9-18(16-19)25-23(30)26-22(27)17-11-12-21(20(24)15-17)29-13-4-2/h8-12,15-16H,3-7,13-14H2,1-2H3,(H2,25,26,27,30). The summed E-state index contributed by atoms with van der Waals surface area (Å²) in [6.07, 6.45) is 5.56. The number of hydrogen-bond donors (Lipinski definition) is 2. The molecule has 162 valence electrons. The zero-order valence-electron chi connectivity index (χ0n) is 17.5. The fourth-order valence-electron chi connectivity index (χ4n) is 2.69. The number of ether oxygens (including phenoxy) is 2. The van der Waals surface area contributed by atoms with Gasteiger partial charge in [0.1, 0.15) is 11.5 Å². The van der Waals surface area contributed by atoms with E-state index in [1.54, 1.807) is 18.2 Å². The van der Waals surface area contributed by atoms with Crippen LogP contribution in [-0.2, 0) is 0 Å². The van der Waals surface area contributed by atoms with Crippen molar-refractivity contribution < 1.29 is 14.3 Å². The molecule has 0 aliphatic heterocycles. The van der Waals surface area contributed by atoms with E-state index in [4.69, 9.17) is 21.7 Å². The number of halogens is 1. The van der Waals surface area contributed by atoms with Crippen molar-refractivity contribution in [3.63, 3.8) is 0 Å². The molecular formula is C23H29BrN2O3S. The van der Waals surface area contributed by atoms with Crippen LogP contribution in [0.5, 0.6) is 11.5 Å². The Balaban J connectivity index is 1.87. The zero-order chi connectivity index (χ0) is 21.8. The van der Waals surface area contributed by atoms with Crippen molar-refractivity contribution in [1.29, 1.82) is 0 Å². The maximum atomic E-state index is 12.5. The minimum Gasteiger partial charge on any atom is -0.494 e. The lowest BCUT2D eigenvalue weighted by Gasteiger charge is -2.12. The Kier molecular flexibility index (Phi) is 10.7. The molecule has 2 N–H and O–H groups in total. The van der Waals surface area contributed by atoms with Crippen LogP contribution in [0, 0.1) is 0 Å². The Morgan fingerprint density at radius 1 is 1.00 bits per heavy atom. The van der Waals surface area contributed by atoms with E-state index in [9.17, 15) is 4.79 Å². The molecule has 0 aromatic heterocycles. The molecule has 5 nitrogen and oxygen atoms in total. The van der Waals surface area contributed by atoms with Gasteiger partial charge in [-0.1, -0.05) is 39.2 Å². The van der Waals surface area contributed by atoms with Gasteiger partial charge in [-0.3, -0.25) is 10.1 Å². The highest BCUT2D eigenvalue weighted by Crippen LogP contribution is 2.26. The van der Waals surface area contributed by atoms with Gasteiger partial charge in [0.15, 0.2) is 5.11 Å². The van der Waals surface area contributed by atoms with Crippen molar-refractivity contribution in [1.82, 2.24) is 5.32 Å². The van der Waals surface area contributed by atoms with Crippen molar-refractivity contribution in [3.05, 3.63) is 52.5 Å². The molecule has 0 fully saturated rings. The van der Waals surface area contributed by atoms with E-state index in [1.165, 1.54) is 19.3 Å². The summed E-state index contributed by atoms with van der Waals surface area (Å²) in [6.45, 7) is 5.55. The number of carbonyl (C=O) groups excluding carboxylic acids is 1. The highest BCUT2D eigenvalue weighted by atomic mass is 79.9. The number of carbonyl (C=O) groups is 1. The van der Waals surface area contributed by atoms with Crippen LogP contribution in [0.15, 0.2) is 46.9 Å². The average molecular weight is 493 g/mol. The molecule has 1 amide bonds. The van der Waals surface area contributed by atoms with E-state index < -0.39 is 0 Å². The van der Waals surface area contributed by atoms with Crippen molar-refractivity contribution in [2.24, 2.45) is 0 Å². The highest BCUT2D eigenvalue weighted by molar-refractivity contribution is 9.10. The van der Waals surface area contributed by atoms with E-state index in [-0.39, 0.29) is 11.0 Å². The molecule has 2 aromatic rings. The maximum Gasteiger partial charge on any atom is 0.257 e. The lowest BCUT2D eigenvalue weighted by Crippen LogP contribution is -2.34. The second-order valence-corrected chi connectivity index (χ2v) is 8.10. The number of hydrogen-bond acceptors (Lipinski definition) is 4. The van der Waals surface area contributed by atoms with Crippen LogP contribution in [0.2, 0.25) is 0 Å². The molecule has 0 aliphatic rings. The van der Waals surface area contributed by atoms with Crippen LogP contribution < -0.4 is 20.1 Å². The van der Waals surface area contributed by atoms with Crippen LogP contribution in [0.3, 0.4) is 0 Å². The molecular weight excluding hydrogens is 464 g/mol. The molecule has 0 saturated heterocycles. The third-order valence-corrected chi connectivity index (χ3v) is 5.07. The van der Waals surface area contributed by atoms with Gasteiger partial charge in [0.2, 0.25) is 0 Å². The number of rotatable bonds is 11. The number of anilines is 1. The van der Waals surface area contributed by atoms with Gasteiger partial charge in [-0.15, -0.1) is 0 Å². The van der Waals surface area contributed by atoms with E-state index in [2.05, 4.69) is 33.5 Å². The highest BCUT2D eigenvalue weighted by Gasteiger charge is 2.11. The molecule has 0 heterocycles. The first-order chi connectivity index (χ1) is 14.5. The summed E-state index contributed by atoms with van der Waals surface area (Å²) >= 11 is 8.73. The number of nitrogens with one attached hydrogen (secondary N) is 2. The van der Waals surface area contributed by atoms with E-state index in [0.717, 1.165) is 28.8 Å². The molecule has 0 radical (unpaired) electrons. The summed E-state index contributed by atoms with van der Waals surface area (Å²) in [5.74, 6) is 1.19. The molecule has 0 atom stereocenters. The number of amides is 1. The number of benzene rings is 2. The summed E-state index contributed by atoms with van der Waals surface area (Å²) in [5.41, 5.74) is 1.25. The Bertz CT molecular complexity index is 845.